The number of hydrogen-bond acceptors (Lipinski definition) is 7. The molecular formula is C24H22ClF4N7O4S. The summed E-state index contributed by atoms with van der Waals surface area (Å²) in [5.74, 6) is -0.937. The van der Waals surface area contributed by atoms with E-state index in [-0.39, 0.29) is 45.3 Å². The standard InChI is InChI=1S/C24H22ClF4N7O4S/c1-3-17-21(35-11-15(25)18(40-2)9-19(35)31-17)23(37)30-10-13-4-5-14(16(26)8-13)22-32-20-12-34(6-7-36(20)33-22)41(38,39)24(27,28)29/h4-5,8-9,11H,3,6-7,10,12H2,1-2H3,(H,30,37). The predicted molar refractivity (Wildman–Crippen MR) is 138 cm³/mol. The quantitative estimate of drug-likeness (QED) is 0.315. The lowest BCUT2D eigenvalue weighted by atomic mass is 10.1. The van der Waals surface area contributed by atoms with Gasteiger partial charge in [0.2, 0.25) is 0 Å². The Hall–Kier alpha value is -3.76. The highest BCUT2D eigenvalue weighted by Crippen LogP contribution is 2.31. The third-order valence-electron chi connectivity index (χ3n) is 6.51. The van der Waals surface area contributed by atoms with Crippen LogP contribution >= 0.6 is 11.6 Å². The number of rotatable bonds is 7. The number of aryl methyl sites for hydroxylation is 1. The third kappa shape index (κ3) is 5.22. The van der Waals surface area contributed by atoms with Crippen molar-refractivity contribution < 1.29 is 35.5 Å². The number of hydrogen-bond donors (Lipinski definition) is 1. The van der Waals surface area contributed by atoms with E-state index in [4.69, 9.17) is 16.3 Å². The molecule has 17 heteroatoms. The summed E-state index contributed by atoms with van der Waals surface area (Å²) in [5, 5.41) is 7.16. The number of nitrogens with one attached hydrogen (secondary N) is 1. The Morgan fingerprint density at radius 2 is 1.95 bits per heavy atom. The minimum Gasteiger partial charge on any atom is -0.495 e. The maximum Gasteiger partial charge on any atom is 0.511 e. The Balaban J connectivity index is 1.32. The molecule has 1 N–H and O–H groups in total. The molecule has 0 unspecified atom stereocenters. The van der Waals surface area contributed by atoms with Crippen molar-refractivity contribution >= 4 is 33.2 Å². The van der Waals surface area contributed by atoms with Gasteiger partial charge in [-0.3, -0.25) is 9.20 Å². The number of carbonyl (C=O) groups is 1. The van der Waals surface area contributed by atoms with Crippen LogP contribution in [0.1, 0.15) is 34.5 Å². The zero-order valence-electron chi connectivity index (χ0n) is 21.5. The molecule has 1 aromatic carbocycles. The molecule has 1 amide bonds. The zero-order valence-corrected chi connectivity index (χ0v) is 23.1. The highest BCUT2D eigenvalue weighted by Gasteiger charge is 2.50. The molecule has 5 rings (SSSR count). The monoisotopic (exact) mass is 615 g/mol. The molecule has 1 aliphatic heterocycles. The molecular weight excluding hydrogens is 594 g/mol. The van der Waals surface area contributed by atoms with Crippen LogP contribution in [0, 0.1) is 5.82 Å². The van der Waals surface area contributed by atoms with Crippen LogP contribution in [0.15, 0.2) is 30.5 Å². The maximum absolute atomic E-state index is 15.1. The molecule has 0 aliphatic carbocycles. The molecule has 218 valence electrons. The van der Waals surface area contributed by atoms with E-state index in [0.717, 1.165) is 0 Å². The summed E-state index contributed by atoms with van der Waals surface area (Å²) in [5.41, 5.74) is -3.79. The number of methoxy groups -OCH3 is 1. The second kappa shape index (κ2) is 10.6. The van der Waals surface area contributed by atoms with Crippen molar-refractivity contribution in [2.24, 2.45) is 0 Å². The van der Waals surface area contributed by atoms with Crippen molar-refractivity contribution in [3.8, 4) is 17.1 Å². The normalized spacial score (nSPS) is 14.3. The third-order valence-corrected chi connectivity index (χ3v) is 8.37. The number of imidazole rings is 1. The Kier molecular flexibility index (Phi) is 7.42. The zero-order chi connectivity index (χ0) is 29.7. The van der Waals surface area contributed by atoms with Gasteiger partial charge >= 0.3 is 15.5 Å². The molecule has 0 bridgehead atoms. The van der Waals surface area contributed by atoms with Crippen molar-refractivity contribution in [3.63, 3.8) is 0 Å². The molecule has 0 saturated carbocycles. The average Bonchev–Trinajstić information content (AvgIpc) is 3.50. The van der Waals surface area contributed by atoms with Crippen LogP contribution in [-0.4, -0.2) is 61.9 Å². The van der Waals surface area contributed by atoms with Gasteiger partial charge in [-0.25, -0.2) is 27.5 Å². The van der Waals surface area contributed by atoms with Gasteiger partial charge < -0.3 is 10.1 Å². The number of fused-ring (bicyclic) bond motifs is 2. The van der Waals surface area contributed by atoms with Crippen molar-refractivity contribution in [1.82, 2.24) is 33.8 Å². The topological polar surface area (TPSA) is 124 Å². The molecule has 0 fully saturated rings. The van der Waals surface area contributed by atoms with Gasteiger partial charge in [0, 0.05) is 25.4 Å². The molecule has 11 nitrogen and oxygen atoms in total. The number of ether oxygens (including phenoxy) is 1. The molecule has 0 radical (unpaired) electrons. The summed E-state index contributed by atoms with van der Waals surface area (Å²) in [6.07, 6.45) is 2.00. The number of carbonyl (C=O) groups excluding carboxylic acids is 1. The average molecular weight is 616 g/mol. The summed E-state index contributed by atoms with van der Waals surface area (Å²) >= 11 is 6.23. The van der Waals surface area contributed by atoms with E-state index in [1.807, 2.05) is 6.92 Å². The number of amides is 1. The number of nitrogens with zero attached hydrogens (tertiary/aromatic N) is 6. The van der Waals surface area contributed by atoms with E-state index in [1.54, 1.807) is 10.5 Å². The molecule has 4 aromatic rings. The van der Waals surface area contributed by atoms with Gasteiger partial charge in [0.05, 0.1) is 36.5 Å². The van der Waals surface area contributed by atoms with Gasteiger partial charge in [-0.2, -0.15) is 22.6 Å². The fourth-order valence-electron chi connectivity index (χ4n) is 4.43. The van der Waals surface area contributed by atoms with Crippen LogP contribution in [0.5, 0.6) is 5.75 Å². The fourth-order valence-corrected chi connectivity index (χ4v) is 5.56. The van der Waals surface area contributed by atoms with E-state index in [9.17, 15) is 26.4 Å². The van der Waals surface area contributed by atoms with Crippen molar-refractivity contribution in [2.75, 3.05) is 13.7 Å². The van der Waals surface area contributed by atoms with E-state index >= 15 is 4.39 Å². The largest absolute Gasteiger partial charge is 0.511 e. The van der Waals surface area contributed by atoms with Crippen molar-refractivity contribution in [3.05, 3.63) is 64.1 Å². The summed E-state index contributed by atoms with van der Waals surface area (Å²) in [7, 11) is -4.07. The lowest BCUT2D eigenvalue weighted by Crippen LogP contribution is -2.44. The number of sulfonamides is 1. The Bertz CT molecular complexity index is 1770. The summed E-state index contributed by atoms with van der Waals surface area (Å²) < 4.78 is 85.6. The Morgan fingerprint density at radius 3 is 2.61 bits per heavy atom. The minimum atomic E-state index is -5.54. The first-order valence-corrected chi connectivity index (χ1v) is 14.0. The van der Waals surface area contributed by atoms with Crippen LogP contribution < -0.4 is 10.1 Å². The number of aromatic nitrogens is 5. The molecule has 1 aliphatic rings. The van der Waals surface area contributed by atoms with E-state index < -0.39 is 40.3 Å². The molecule has 41 heavy (non-hydrogen) atoms. The Morgan fingerprint density at radius 1 is 1.20 bits per heavy atom. The number of alkyl halides is 3. The van der Waals surface area contributed by atoms with E-state index in [2.05, 4.69) is 20.4 Å². The Labute approximate surface area is 235 Å². The van der Waals surface area contributed by atoms with Gasteiger partial charge in [0.1, 0.15) is 28.7 Å². The molecule has 0 spiro atoms. The second-order valence-electron chi connectivity index (χ2n) is 9.03. The summed E-state index contributed by atoms with van der Waals surface area (Å²) in [6, 6.07) is 5.70. The first-order chi connectivity index (χ1) is 19.3. The number of halogens is 5. The maximum atomic E-state index is 15.1. The summed E-state index contributed by atoms with van der Waals surface area (Å²) in [4.78, 5) is 21.6. The highest BCUT2D eigenvalue weighted by atomic mass is 35.5. The van der Waals surface area contributed by atoms with Crippen LogP contribution in [0.25, 0.3) is 17.0 Å². The number of benzene rings is 1. The van der Waals surface area contributed by atoms with Gasteiger partial charge in [0.15, 0.2) is 5.82 Å². The number of pyridine rings is 1. The van der Waals surface area contributed by atoms with Gasteiger partial charge in [-0.05, 0) is 24.1 Å². The molecule has 0 atom stereocenters. The lowest BCUT2D eigenvalue weighted by Gasteiger charge is -2.26. The van der Waals surface area contributed by atoms with Crippen LogP contribution in [-0.2, 0) is 36.1 Å². The van der Waals surface area contributed by atoms with Crippen molar-refractivity contribution in [1.29, 1.82) is 0 Å². The first-order valence-electron chi connectivity index (χ1n) is 12.2. The molecule has 3 aromatic heterocycles. The minimum absolute atomic E-state index is 0.0340. The highest BCUT2D eigenvalue weighted by molar-refractivity contribution is 7.89. The summed E-state index contributed by atoms with van der Waals surface area (Å²) in [6.45, 7) is 0.532. The molecule has 4 heterocycles. The lowest BCUT2D eigenvalue weighted by molar-refractivity contribution is -0.0496. The SMILES string of the molecule is CCc1nc2cc(OC)c(Cl)cn2c1C(=O)NCc1ccc(-c2nc3n(n2)CCN(S(=O)(=O)C(F)(F)F)C3)c(F)c1. The first kappa shape index (κ1) is 28.8. The predicted octanol–water partition coefficient (Wildman–Crippen LogP) is 3.55. The van der Waals surface area contributed by atoms with Gasteiger partial charge in [-0.1, -0.05) is 24.6 Å². The smallest absolute Gasteiger partial charge is 0.495 e. The van der Waals surface area contributed by atoms with E-state index in [0.29, 0.717) is 29.1 Å². The van der Waals surface area contributed by atoms with Gasteiger partial charge in [0.25, 0.3) is 5.91 Å². The van der Waals surface area contributed by atoms with Crippen LogP contribution in [0.3, 0.4) is 0 Å². The van der Waals surface area contributed by atoms with Crippen LogP contribution in [0.4, 0.5) is 17.6 Å². The van der Waals surface area contributed by atoms with Gasteiger partial charge in [-0.15, -0.1) is 0 Å². The molecule has 0 saturated heterocycles. The van der Waals surface area contributed by atoms with Crippen molar-refractivity contribution in [2.45, 2.75) is 38.5 Å². The van der Waals surface area contributed by atoms with E-state index in [1.165, 1.54) is 36.2 Å². The fraction of sp³-hybridized carbons (Fsp3) is 0.333. The van der Waals surface area contributed by atoms with Crippen LogP contribution in [0.2, 0.25) is 5.02 Å². The second-order valence-corrected chi connectivity index (χ2v) is 11.4.